The molecule has 6 heteroatoms. The highest BCUT2D eigenvalue weighted by molar-refractivity contribution is 5.95. The summed E-state index contributed by atoms with van der Waals surface area (Å²) < 4.78 is 10.6. The fourth-order valence-electron chi connectivity index (χ4n) is 3.15. The van der Waals surface area contributed by atoms with Crippen LogP contribution in [-0.4, -0.2) is 42.0 Å². The number of rotatable bonds is 1. The van der Waals surface area contributed by atoms with Crippen LogP contribution in [0.5, 0.6) is 11.5 Å². The van der Waals surface area contributed by atoms with Gasteiger partial charge < -0.3 is 19.2 Å². The van der Waals surface area contributed by atoms with Gasteiger partial charge in [0.25, 0.3) is 5.91 Å². The maximum Gasteiger partial charge on any atom is 0.254 e. The molecule has 1 unspecified atom stereocenters. The summed E-state index contributed by atoms with van der Waals surface area (Å²) in [6.07, 6.45) is 1.63. The van der Waals surface area contributed by atoms with Crippen LogP contribution in [0, 0.1) is 0 Å². The number of ether oxygens (including phenoxy) is 2. The maximum absolute atomic E-state index is 12.6. The van der Waals surface area contributed by atoms with E-state index in [2.05, 4.69) is 5.16 Å². The van der Waals surface area contributed by atoms with Crippen molar-refractivity contribution in [3.63, 3.8) is 0 Å². The molecular formula is C15H16N2O4. The largest absolute Gasteiger partial charge is 0.454 e. The van der Waals surface area contributed by atoms with Crippen molar-refractivity contribution in [1.82, 2.24) is 4.90 Å². The number of hydrogen-bond acceptors (Lipinski definition) is 5. The minimum atomic E-state index is -0.309. The summed E-state index contributed by atoms with van der Waals surface area (Å²) in [6, 6.07) is 5.30. The van der Waals surface area contributed by atoms with E-state index in [0.717, 1.165) is 18.6 Å². The standard InChI is InChI=1S/C15H16N2O4/c1-10-7-15(21-16-10)4-5-17(8-15)14(18)11-2-3-12-13(6-11)20-9-19-12/h2-3,6H,4-5,7-9H2,1H3. The lowest BCUT2D eigenvalue weighted by Crippen LogP contribution is -2.36. The van der Waals surface area contributed by atoms with Gasteiger partial charge in [0.15, 0.2) is 17.1 Å². The van der Waals surface area contributed by atoms with E-state index in [0.29, 0.717) is 30.2 Å². The lowest BCUT2D eigenvalue weighted by Gasteiger charge is -2.21. The minimum Gasteiger partial charge on any atom is -0.454 e. The molecule has 0 radical (unpaired) electrons. The quantitative estimate of drug-likeness (QED) is 0.790. The predicted molar refractivity (Wildman–Crippen MR) is 74.6 cm³/mol. The first-order chi connectivity index (χ1) is 10.2. The summed E-state index contributed by atoms with van der Waals surface area (Å²) in [4.78, 5) is 20.0. The molecule has 3 aliphatic rings. The third-order valence-corrected chi connectivity index (χ3v) is 4.20. The molecule has 1 atom stereocenters. The molecule has 0 saturated carbocycles. The molecule has 0 aliphatic carbocycles. The Morgan fingerprint density at radius 3 is 3.00 bits per heavy atom. The van der Waals surface area contributed by atoms with Gasteiger partial charge in [-0.15, -0.1) is 0 Å². The fraction of sp³-hybridized carbons (Fsp3) is 0.467. The summed E-state index contributed by atoms with van der Waals surface area (Å²) in [6.45, 7) is 3.44. The van der Waals surface area contributed by atoms with Crippen LogP contribution in [-0.2, 0) is 4.84 Å². The third kappa shape index (κ3) is 2.02. The zero-order valence-corrected chi connectivity index (χ0v) is 11.8. The van der Waals surface area contributed by atoms with Crippen LogP contribution < -0.4 is 9.47 Å². The van der Waals surface area contributed by atoms with E-state index < -0.39 is 0 Å². The topological polar surface area (TPSA) is 60.4 Å². The van der Waals surface area contributed by atoms with Crippen molar-refractivity contribution >= 4 is 11.6 Å². The van der Waals surface area contributed by atoms with E-state index in [-0.39, 0.29) is 18.3 Å². The highest BCUT2D eigenvalue weighted by atomic mass is 16.7. The van der Waals surface area contributed by atoms with Crippen LogP contribution in [0.25, 0.3) is 0 Å². The van der Waals surface area contributed by atoms with Crippen molar-refractivity contribution in [3.05, 3.63) is 23.8 Å². The van der Waals surface area contributed by atoms with E-state index in [1.54, 1.807) is 18.2 Å². The monoisotopic (exact) mass is 288 g/mol. The summed E-state index contributed by atoms with van der Waals surface area (Å²) in [7, 11) is 0. The Balaban J connectivity index is 1.51. The van der Waals surface area contributed by atoms with Crippen LogP contribution in [0.15, 0.2) is 23.4 Å². The lowest BCUT2D eigenvalue weighted by atomic mass is 9.97. The van der Waals surface area contributed by atoms with Gasteiger partial charge in [0.2, 0.25) is 6.79 Å². The van der Waals surface area contributed by atoms with Gasteiger partial charge in [0.1, 0.15) is 0 Å². The third-order valence-electron chi connectivity index (χ3n) is 4.20. The number of carbonyl (C=O) groups excluding carboxylic acids is 1. The Labute approximate surface area is 122 Å². The molecule has 1 spiro atoms. The Bertz CT molecular complexity index is 643. The smallest absolute Gasteiger partial charge is 0.254 e. The molecule has 0 N–H and O–H groups in total. The Morgan fingerprint density at radius 1 is 1.33 bits per heavy atom. The van der Waals surface area contributed by atoms with Crippen LogP contribution >= 0.6 is 0 Å². The van der Waals surface area contributed by atoms with Gasteiger partial charge >= 0.3 is 0 Å². The molecule has 1 saturated heterocycles. The molecule has 110 valence electrons. The number of likely N-dealkylation sites (tertiary alicyclic amines) is 1. The molecule has 1 fully saturated rings. The van der Waals surface area contributed by atoms with Crippen LogP contribution in [0.2, 0.25) is 0 Å². The van der Waals surface area contributed by atoms with Gasteiger partial charge in [-0.25, -0.2) is 0 Å². The summed E-state index contributed by atoms with van der Waals surface area (Å²) in [5.41, 5.74) is 1.30. The normalized spacial score (nSPS) is 26.1. The molecular weight excluding hydrogens is 272 g/mol. The molecule has 6 nitrogen and oxygen atoms in total. The minimum absolute atomic E-state index is 0.00155. The molecule has 0 bridgehead atoms. The number of nitrogens with zero attached hydrogens (tertiary/aromatic N) is 2. The highest BCUT2D eigenvalue weighted by Crippen LogP contribution is 2.36. The van der Waals surface area contributed by atoms with Crippen LogP contribution in [0.4, 0.5) is 0 Å². The number of benzene rings is 1. The average Bonchev–Trinajstić information content (AvgIpc) is 3.19. The van der Waals surface area contributed by atoms with Crippen molar-refractivity contribution in [3.8, 4) is 11.5 Å². The van der Waals surface area contributed by atoms with E-state index in [1.165, 1.54) is 0 Å². The number of carbonyl (C=O) groups is 1. The molecule has 3 aliphatic heterocycles. The van der Waals surface area contributed by atoms with E-state index in [9.17, 15) is 4.79 Å². The summed E-state index contributed by atoms with van der Waals surface area (Å²) in [5.74, 6) is 1.32. The Kier molecular flexibility index (Phi) is 2.60. The molecule has 1 aromatic rings. The first kappa shape index (κ1) is 12.5. The van der Waals surface area contributed by atoms with E-state index in [4.69, 9.17) is 14.3 Å². The zero-order valence-electron chi connectivity index (χ0n) is 11.8. The van der Waals surface area contributed by atoms with Gasteiger partial charge in [-0.2, -0.15) is 0 Å². The summed E-state index contributed by atoms with van der Waals surface area (Å²) in [5, 5.41) is 4.03. The van der Waals surface area contributed by atoms with E-state index >= 15 is 0 Å². The van der Waals surface area contributed by atoms with Crippen molar-refractivity contribution < 1.29 is 19.1 Å². The van der Waals surface area contributed by atoms with Gasteiger partial charge in [0, 0.05) is 24.9 Å². The van der Waals surface area contributed by atoms with Gasteiger partial charge in [-0.3, -0.25) is 4.79 Å². The van der Waals surface area contributed by atoms with Crippen LogP contribution in [0.3, 0.4) is 0 Å². The number of amides is 1. The second-order valence-electron chi connectivity index (χ2n) is 5.82. The van der Waals surface area contributed by atoms with Gasteiger partial charge in [-0.1, -0.05) is 5.16 Å². The molecule has 1 aromatic carbocycles. The molecule has 3 heterocycles. The first-order valence-electron chi connectivity index (χ1n) is 7.06. The second-order valence-corrected chi connectivity index (χ2v) is 5.82. The number of fused-ring (bicyclic) bond motifs is 1. The molecule has 4 rings (SSSR count). The van der Waals surface area contributed by atoms with Crippen molar-refractivity contribution in [2.24, 2.45) is 5.16 Å². The van der Waals surface area contributed by atoms with Crippen molar-refractivity contribution in [2.45, 2.75) is 25.4 Å². The SMILES string of the molecule is CC1=NOC2(CCN(C(=O)c3ccc4c(c3)OCO4)C2)C1. The second kappa shape index (κ2) is 4.38. The predicted octanol–water partition coefficient (Wildman–Crippen LogP) is 1.80. The molecule has 1 amide bonds. The summed E-state index contributed by atoms with van der Waals surface area (Å²) >= 11 is 0. The number of oxime groups is 1. The fourth-order valence-corrected chi connectivity index (χ4v) is 3.15. The molecule has 0 aromatic heterocycles. The van der Waals surface area contributed by atoms with Gasteiger partial charge in [0.05, 0.1) is 12.3 Å². The van der Waals surface area contributed by atoms with E-state index in [1.807, 2.05) is 11.8 Å². The lowest BCUT2D eigenvalue weighted by molar-refractivity contribution is -0.00917. The van der Waals surface area contributed by atoms with Crippen LogP contribution in [0.1, 0.15) is 30.1 Å². The average molecular weight is 288 g/mol. The number of hydrogen-bond donors (Lipinski definition) is 0. The Hall–Kier alpha value is -2.24. The zero-order chi connectivity index (χ0) is 14.4. The van der Waals surface area contributed by atoms with Crippen molar-refractivity contribution in [1.29, 1.82) is 0 Å². The maximum atomic E-state index is 12.6. The van der Waals surface area contributed by atoms with Gasteiger partial charge in [-0.05, 0) is 25.1 Å². The first-order valence-corrected chi connectivity index (χ1v) is 7.06. The molecule has 21 heavy (non-hydrogen) atoms. The Morgan fingerprint density at radius 2 is 2.19 bits per heavy atom. The van der Waals surface area contributed by atoms with Crippen molar-refractivity contribution in [2.75, 3.05) is 19.9 Å². The highest BCUT2D eigenvalue weighted by Gasteiger charge is 2.45.